The predicted molar refractivity (Wildman–Crippen MR) is 78.6 cm³/mol. The molecule has 0 radical (unpaired) electrons. The number of halogens is 2. The van der Waals surface area contributed by atoms with E-state index in [4.69, 9.17) is 28.3 Å². The van der Waals surface area contributed by atoms with Crippen molar-refractivity contribution in [2.75, 3.05) is 33.7 Å². The molecule has 5 nitrogen and oxygen atoms in total. The van der Waals surface area contributed by atoms with E-state index in [9.17, 15) is 9.59 Å². The van der Waals surface area contributed by atoms with Gasteiger partial charge in [-0.25, -0.2) is 0 Å². The molecule has 0 saturated heterocycles. The third-order valence-electron chi connectivity index (χ3n) is 2.59. The van der Waals surface area contributed by atoms with Gasteiger partial charge in [0.2, 0.25) is 0 Å². The molecule has 0 bridgehead atoms. The highest BCUT2D eigenvalue weighted by Gasteiger charge is 2.20. The summed E-state index contributed by atoms with van der Waals surface area (Å²) in [6.45, 7) is 0.493. The van der Waals surface area contributed by atoms with Crippen LogP contribution in [0.4, 0.5) is 0 Å². The Bertz CT molecular complexity index is 506. The second kappa shape index (κ2) is 7.47. The summed E-state index contributed by atoms with van der Waals surface area (Å²) in [5, 5.41) is 9.53. The predicted octanol–water partition coefficient (Wildman–Crippen LogP) is 2.08. The minimum Gasteiger partial charge on any atom is -0.480 e. The Morgan fingerprint density at radius 3 is 2.35 bits per heavy atom. The number of rotatable bonds is 6. The van der Waals surface area contributed by atoms with E-state index in [0.29, 0.717) is 18.1 Å². The normalized spacial score (nSPS) is 10.7. The van der Waals surface area contributed by atoms with Crippen molar-refractivity contribution in [1.29, 1.82) is 0 Å². The quantitative estimate of drug-likeness (QED) is 0.872. The van der Waals surface area contributed by atoms with Gasteiger partial charge in [0.25, 0.3) is 5.91 Å². The van der Waals surface area contributed by atoms with E-state index in [0.717, 1.165) is 0 Å². The molecule has 20 heavy (non-hydrogen) atoms. The molecule has 110 valence electrons. The van der Waals surface area contributed by atoms with Crippen LogP contribution >= 0.6 is 23.2 Å². The van der Waals surface area contributed by atoms with Crippen LogP contribution in [0.15, 0.2) is 18.2 Å². The number of carbonyl (C=O) groups is 2. The number of benzene rings is 1. The first kappa shape index (κ1) is 16.8. The monoisotopic (exact) mass is 318 g/mol. The lowest BCUT2D eigenvalue weighted by Gasteiger charge is -2.23. The number of carbonyl (C=O) groups excluding carboxylic acids is 1. The molecule has 1 aromatic carbocycles. The molecular formula is C13H16Cl2N2O3. The largest absolute Gasteiger partial charge is 0.480 e. The lowest BCUT2D eigenvalue weighted by molar-refractivity contribution is -0.137. The molecule has 0 unspecified atom stereocenters. The average molecular weight is 319 g/mol. The highest BCUT2D eigenvalue weighted by molar-refractivity contribution is 6.36. The summed E-state index contributed by atoms with van der Waals surface area (Å²) in [7, 11) is 3.69. The molecule has 7 heteroatoms. The second-order valence-electron chi connectivity index (χ2n) is 4.55. The molecule has 0 aliphatic carbocycles. The van der Waals surface area contributed by atoms with Crippen LogP contribution < -0.4 is 0 Å². The first-order valence-corrected chi connectivity index (χ1v) is 6.67. The maximum absolute atomic E-state index is 12.3. The number of hydrogen-bond donors (Lipinski definition) is 1. The maximum Gasteiger partial charge on any atom is 0.323 e. The molecule has 0 fully saturated rings. The standard InChI is InChI=1S/C13H16Cl2N2O3/c1-16(2)5-6-17(8-12(18)19)13(20)10-4-3-9(14)7-11(10)15/h3-4,7H,5-6,8H2,1-2H3,(H,18,19). The number of carboxylic acid groups (broad SMARTS) is 1. The van der Waals surface area contributed by atoms with E-state index in [1.807, 2.05) is 19.0 Å². The van der Waals surface area contributed by atoms with Crippen molar-refractivity contribution >= 4 is 35.1 Å². The highest BCUT2D eigenvalue weighted by atomic mass is 35.5. The fraction of sp³-hybridized carbons (Fsp3) is 0.385. The summed E-state index contributed by atoms with van der Waals surface area (Å²) < 4.78 is 0. The van der Waals surface area contributed by atoms with E-state index in [1.54, 1.807) is 6.07 Å². The minimum atomic E-state index is -1.07. The number of nitrogens with zero attached hydrogens (tertiary/aromatic N) is 2. The molecule has 0 atom stereocenters. The summed E-state index contributed by atoms with van der Waals surface area (Å²) in [4.78, 5) is 26.3. The van der Waals surface area contributed by atoms with E-state index in [-0.39, 0.29) is 17.1 Å². The molecule has 0 aliphatic rings. The van der Waals surface area contributed by atoms with E-state index in [2.05, 4.69) is 0 Å². The van der Waals surface area contributed by atoms with Gasteiger partial charge in [0.15, 0.2) is 0 Å². The summed E-state index contributed by atoms with van der Waals surface area (Å²) in [6.07, 6.45) is 0. The van der Waals surface area contributed by atoms with Crippen molar-refractivity contribution in [1.82, 2.24) is 9.80 Å². The van der Waals surface area contributed by atoms with Crippen LogP contribution in [0.25, 0.3) is 0 Å². The van der Waals surface area contributed by atoms with Crippen molar-refractivity contribution in [2.24, 2.45) is 0 Å². The molecule has 0 aliphatic heterocycles. The van der Waals surface area contributed by atoms with Gasteiger partial charge in [-0.15, -0.1) is 0 Å². The lowest BCUT2D eigenvalue weighted by atomic mass is 10.2. The van der Waals surface area contributed by atoms with Gasteiger partial charge in [-0.2, -0.15) is 0 Å². The molecule has 1 amide bonds. The highest BCUT2D eigenvalue weighted by Crippen LogP contribution is 2.22. The summed E-state index contributed by atoms with van der Waals surface area (Å²) in [6, 6.07) is 4.50. The van der Waals surface area contributed by atoms with Crippen molar-refractivity contribution in [3.05, 3.63) is 33.8 Å². The van der Waals surface area contributed by atoms with E-state index < -0.39 is 11.9 Å². The average Bonchev–Trinajstić information content (AvgIpc) is 2.33. The number of hydrogen-bond acceptors (Lipinski definition) is 3. The topological polar surface area (TPSA) is 60.9 Å². The third kappa shape index (κ3) is 5.00. The summed E-state index contributed by atoms with van der Waals surface area (Å²) in [5.41, 5.74) is 0.246. The minimum absolute atomic E-state index is 0.211. The van der Waals surface area contributed by atoms with E-state index in [1.165, 1.54) is 17.0 Å². The SMILES string of the molecule is CN(C)CCN(CC(=O)O)C(=O)c1ccc(Cl)cc1Cl. The van der Waals surface area contributed by atoms with Crippen molar-refractivity contribution in [3.63, 3.8) is 0 Å². The number of aliphatic carboxylic acids is 1. The fourth-order valence-corrected chi connectivity index (χ4v) is 2.06. The molecule has 0 aromatic heterocycles. The first-order valence-electron chi connectivity index (χ1n) is 5.92. The van der Waals surface area contributed by atoms with Crippen LogP contribution in [0, 0.1) is 0 Å². The lowest BCUT2D eigenvalue weighted by Crippen LogP contribution is -2.40. The molecule has 1 aromatic rings. The van der Waals surface area contributed by atoms with Crippen LogP contribution in [-0.2, 0) is 4.79 Å². The Kier molecular flexibility index (Phi) is 6.26. The summed E-state index contributed by atoms with van der Waals surface area (Å²) >= 11 is 11.8. The molecule has 0 spiro atoms. The Labute approximate surface area is 127 Å². The zero-order chi connectivity index (χ0) is 15.3. The van der Waals surface area contributed by atoms with Crippen molar-refractivity contribution < 1.29 is 14.7 Å². The van der Waals surface area contributed by atoms with Crippen LogP contribution in [0.5, 0.6) is 0 Å². The van der Waals surface area contributed by atoms with Gasteiger partial charge in [-0.1, -0.05) is 23.2 Å². The van der Waals surface area contributed by atoms with Crippen LogP contribution in [-0.4, -0.2) is 60.5 Å². The van der Waals surface area contributed by atoms with Gasteiger partial charge in [0, 0.05) is 18.1 Å². The maximum atomic E-state index is 12.3. The van der Waals surface area contributed by atoms with E-state index >= 15 is 0 Å². The Balaban J connectivity index is 2.93. The molecule has 1 rings (SSSR count). The van der Waals surface area contributed by atoms with Gasteiger partial charge < -0.3 is 14.9 Å². The zero-order valence-corrected chi connectivity index (χ0v) is 12.8. The molecule has 1 N–H and O–H groups in total. The molecule has 0 heterocycles. The van der Waals surface area contributed by atoms with Crippen LogP contribution in [0.3, 0.4) is 0 Å². The Hall–Kier alpha value is -1.30. The van der Waals surface area contributed by atoms with Crippen LogP contribution in [0.2, 0.25) is 10.0 Å². The van der Waals surface area contributed by atoms with Gasteiger partial charge in [0.05, 0.1) is 10.6 Å². The third-order valence-corrected chi connectivity index (χ3v) is 3.14. The zero-order valence-electron chi connectivity index (χ0n) is 11.3. The van der Waals surface area contributed by atoms with Crippen LogP contribution in [0.1, 0.15) is 10.4 Å². The Morgan fingerprint density at radius 1 is 1.20 bits per heavy atom. The Morgan fingerprint density at radius 2 is 1.85 bits per heavy atom. The first-order chi connectivity index (χ1) is 9.31. The number of carboxylic acids is 1. The van der Waals surface area contributed by atoms with Gasteiger partial charge in [-0.3, -0.25) is 9.59 Å². The second-order valence-corrected chi connectivity index (χ2v) is 5.39. The van der Waals surface area contributed by atoms with Crippen molar-refractivity contribution in [2.45, 2.75) is 0 Å². The number of amides is 1. The molecular weight excluding hydrogens is 303 g/mol. The molecule has 0 saturated carbocycles. The van der Waals surface area contributed by atoms with Gasteiger partial charge >= 0.3 is 5.97 Å². The summed E-state index contributed by atoms with van der Waals surface area (Å²) in [5.74, 6) is -1.49. The fourth-order valence-electron chi connectivity index (χ4n) is 1.57. The number of likely N-dealkylation sites (N-methyl/N-ethyl adjacent to an activating group) is 1. The van der Waals surface area contributed by atoms with Gasteiger partial charge in [-0.05, 0) is 32.3 Å². The van der Waals surface area contributed by atoms with Gasteiger partial charge in [0.1, 0.15) is 6.54 Å². The van der Waals surface area contributed by atoms with Crippen molar-refractivity contribution in [3.8, 4) is 0 Å². The smallest absolute Gasteiger partial charge is 0.323 e.